The van der Waals surface area contributed by atoms with E-state index in [1.807, 2.05) is 0 Å². The summed E-state index contributed by atoms with van der Waals surface area (Å²) >= 11 is 0. The van der Waals surface area contributed by atoms with Crippen LogP contribution in [-0.4, -0.2) is 23.8 Å². The fourth-order valence-corrected chi connectivity index (χ4v) is 1.17. The highest BCUT2D eigenvalue weighted by Crippen LogP contribution is 2.32. The molecular weight excluding hydrogens is 199 g/mol. The zero-order valence-electron chi connectivity index (χ0n) is 8.47. The van der Waals surface area contributed by atoms with Crippen LogP contribution < -0.4 is 5.73 Å². The van der Waals surface area contributed by atoms with Crippen molar-refractivity contribution in [2.75, 3.05) is 24.5 Å². The molecule has 1 aromatic heterocycles. The van der Waals surface area contributed by atoms with Crippen molar-refractivity contribution in [1.82, 2.24) is 4.98 Å². The van der Waals surface area contributed by atoms with E-state index >= 15 is 0 Å². The summed E-state index contributed by atoms with van der Waals surface area (Å²) in [6.07, 6.45) is 7.26. The Bertz CT molecular complexity index is 399. The van der Waals surface area contributed by atoms with E-state index in [1.54, 1.807) is 0 Å². The van der Waals surface area contributed by atoms with Crippen LogP contribution in [0.5, 0.6) is 0 Å². The zero-order valence-corrected chi connectivity index (χ0v) is 9.28. The lowest BCUT2D eigenvalue weighted by atomic mass is 10.3. The molecule has 0 bridgehead atoms. The van der Waals surface area contributed by atoms with Gasteiger partial charge >= 0.3 is 0 Å². The lowest BCUT2D eigenvalue weighted by Crippen LogP contribution is -1.95. The number of hydrogen-bond acceptors (Lipinski definition) is 2. The Kier molecular flexibility index (Phi) is 3.02. The van der Waals surface area contributed by atoms with Crippen LogP contribution in [-0.2, 0) is 0 Å². The van der Waals surface area contributed by atoms with Gasteiger partial charge in [-0.1, -0.05) is 5.92 Å². The molecule has 0 atom stereocenters. The molecule has 0 aliphatic carbocycles. The van der Waals surface area contributed by atoms with E-state index in [-0.39, 0.29) is 5.82 Å². The van der Waals surface area contributed by atoms with Gasteiger partial charge in [-0.3, -0.25) is 0 Å². The molecule has 1 rings (SSSR count). The Labute approximate surface area is 85.0 Å². The molecule has 0 fully saturated rings. The van der Waals surface area contributed by atoms with Crippen LogP contribution in [0.4, 0.5) is 10.2 Å². The third-order valence-corrected chi connectivity index (χ3v) is 2.09. The van der Waals surface area contributed by atoms with E-state index in [1.165, 1.54) is 6.07 Å². The second kappa shape index (κ2) is 3.89. The first kappa shape index (κ1) is 10.9. The Hall–Kier alpha value is -1.21. The minimum atomic E-state index is -0.919. The van der Waals surface area contributed by atoms with E-state index in [9.17, 15) is 4.39 Å². The van der Waals surface area contributed by atoms with E-state index in [4.69, 9.17) is 5.73 Å². The number of nitrogen functional groups attached to an aromatic ring is 1. The van der Waals surface area contributed by atoms with Crippen LogP contribution in [0.3, 0.4) is 0 Å². The van der Waals surface area contributed by atoms with Crippen molar-refractivity contribution in [3.05, 3.63) is 23.6 Å². The molecule has 0 aliphatic heterocycles. The van der Waals surface area contributed by atoms with Gasteiger partial charge in [-0.25, -0.2) is 9.37 Å². The van der Waals surface area contributed by atoms with Gasteiger partial charge < -0.3 is 5.73 Å². The Morgan fingerprint density at radius 2 is 2.07 bits per heavy atom. The molecule has 0 aliphatic rings. The van der Waals surface area contributed by atoms with E-state index in [0.717, 1.165) is 6.20 Å². The second-order valence-electron chi connectivity index (χ2n) is 3.65. The molecule has 4 heteroatoms. The van der Waals surface area contributed by atoms with Gasteiger partial charge in [-0.15, -0.1) is 0 Å². The zero-order chi connectivity index (χ0) is 10.8. The lowest BCUT2D eigenvalue weighted by Gasteiger charge is -2.14. The predicted octanol–water partition coefficient (Wildman–Crippen LogP) is 1.81. The summed E-state index contributed by atoms with van der Waals surface area (Å²) < 4.78 is 12.8. The second-order valence-corrected chi connectivity index (χ2v) is 7.53. The van der Waals surface area contributed by atoms with Crippen LogP contribution in [0, 0.1) is 17.0 Å². The number of nitrogens with two attached hydrogens (primary N) is 1. The molecule has 0 aromatic carbocycles. The molecule has 0 spiro atoms. The lowest BCUT2D eigenvalue weighted by molar-refractivity contribution is 0.621. The van der Waals surface area contributed by atoms with Crippen molar-refractivity contribution >= 4 is 15.8 Å². The van der Waals surface area contributed by atoms with Gasteiger partial charge in [-0.2, -0.15) is 10.0 Å². The quantitative estimate of drug-likeness (QED) is 0.666. The number of aromatic nitrogens is 1. The molecule has 1 heterocycles. The third-order valence-electron chi connectivity index (χ3n) is 1.38. The molecule has 0 unspecified atom stereocenters. The monoisotopic (exact) mass is 212 g/mol. The molecule has 2 nitrogen and oxygen atoms in total. The van der Waals surface area contributed by atoms with Gasteiger partial charge in [0.15, 0.2) is 0 Å². The topological polar surface area (TPSA) is 38.9 Å². The average molecular weight is 212 g/mol. The number of hydrogen-bond donors (Lipinski definition) is 1. The molecule has 76 valence electrons. The number of halogens is 1. The number of rotatable bonds is 0. The van der Waals surface area contributed by atoms with Gasteiger partial charge in [0.2, 0.25) is 0 Å². The van der Waals surface area contributed by atoms with Crippen molar-refractivity contribution in [3.8, 4) is 11.2 Å². The van der Waals surface area contributed by atoms with E-state index < -0.39 is 15.8 Å². The summed E-state index contributed by atoms with van der Waals surface area (Å²) in [5, 5.41) is 3.05. The van der Waals surface area contributed by atoms with Crippen LogP contribution in [0.1, 0.15) is 5.56 Å². The van der Waals surface area contributed by atoms with Crippen molar-refractivity contribution < 1.29 is 4.39 Å². The standard InChI is InChI=1S/C10H13FN2S/c1-14(2,3)5-4-8-6-9(11)7-13-10(8)12/h6-7H,1-3H3,(H2,12,13). The van der Waals surface area contributed by atoms with Gasteiger partial charge in [0.25, 0.3) is 0 Å². The molecule has 1 aromatic rings. The first-order valence-electron chi connectivity index (χ1n) is 4.00. The van der Waals surface area contributed by atoms with E-state index in [2.05, 4.69) is 34.9 Å². The maximum absolute atomic E-state index is 12.8. The first-order chi connectivity index (χ1) is 6.38. The van der Waals surface area contributed by atoms with Crippen molar-refractivity contribution in [2.24, 2.45) is 0 Å². The average Bonchev–Trinajstić information content (AvgIpc) is 2.05. The fraction of sp³-hybridized carbons (Fsp3) is 0.300. The van der Waals surface area contributed by atoms with Gasteiger partial charge in [-0.05, 0) is 30.1 Å². The number of pyridine rings is 1. The van der Waals surface area contributed by atoms with E-state index in [0.29, 0.717) is 5.56 Å². The maximum atomic E-state index is 12.8. The molecule has 0 saturated carbocycles. The highest BCUT2D eigenvalue weighted by Gasteiger charge is 2.01. The summed E-state index contributed by atoms with van der Waals surface area (Å²) in [5.41, 5.74) is 6.01. The van der Waals surface area contributed by atoms with Crippen molar-refractivity contribution in [1.29, 1.82) is 0 Å². The highest BCUT2D eigenvalue weighted by atomic mass is 32.3. The van der Waals surface area contributed by atoms with Crippen LogP contribution in [0.2, 0.25) is 0 Å². The molecule has 2 N–H and O–H groups in total. The highest BCUT2D eigenvalue weighted by molar-refractivity contribution is 8.35. The Morgan fingerprint density at radius 1 is 1.43 bits per heavy atom. The largest absolute Gasteiger partial charge is 0.383 e. The summed E-state index contributed by atoms with van der Waals surface area (Å²) in [4.78, 5) is 3.69. The summed E-state index contributed by atoms with van der Waals surface area (Å²) in [5.74, 6) is 2.72. The van der Waals surface area contributed by atoms with Gasteiger partial charge in [0, 0.05) is 0 Å². The predicted molar refractivity (Wildman–Crippen MR) is 60.8 cm³/mol. The van der Waals surface area contributed by atoms with Crippen molar-refractivity contribution in [2.45, 2.75) is 0 Å². The van der Waals surface area contributed by atoms with Crippen LogP contribution in [0.25, 0.3) is 0 Å². The Balaban J connectivity index is 3.06. The SMILES string of the molecule is CS(C)(C)C#Cc1cc(F)cnc1N. The molecule has 0 amide bonds. The minimum Gasteiger partial charge on any atom is -0.383 e. The smallest absolute Gasteiger partial charge is 0.142 e. The van der Waals surface area contributed by atoms with Gasteiger partial charge in [0.05, 0.1) is 11.8 Å². The minimum absolute atomic E-state index is 0.280. The van der Waals surface area contributed by atoms with Crippen LogP contribution >= 0.6 is 10.0 Å². The number of anilines is 1. The van der Waals surface area contributed by atoms with Gasteiger partial charge in [0.1, 0.15) is 11.6 Å². The van der Waals surface area contributed by atoms with Crippen LogP contribution in [0.15, 0.2) is 12.3 Å². The summed E-state index contributed by atoms with van der Waals surface area (Å²) in [7, 11) is -0.919. The fourth-order valence-electron chi connectivity index (χ4n) is 0.758. The normalized spacial score (nSPS) is 11.7. The first-order valence-corrected chi connectivity index (χ1v) is 6.86. The molecule has 0 saturated heterocycles. The third kappa shape index (κ3) is 3.27. The summed E-state index contributed by atoms with van der Waals surface area (Å²) in [6, 6.07) is 1.31. The molecule has 0 radical (unpaired) electrons. The van der Waals surface area contributed by atoms with Crippen molar-refractivity contribution in [3.63, 3.8) is 0 Å². The maximum Gasteiger partial charge on any atom is 0.142 e. The molecule has 14 heavy (non-hydrogen) atoms. The Morgan fingerprint density at radius 3 is 2.64 bits per heavy atom. The summed E-state index contributed by atoms with van der Waals surface area (Å²) in [6.45, 7) is 0. The molecular formula is C10H13FN2S. The number of nitrogens with zero attached hydrogens (tertiary/aromatic N) is 1.